The number of carboxylic acids is 1. The normalized spacial score (nSPS) is 22.8. The number of hydrogen-bond acceptors (Lipinski definition) is 7. The lowest BCUT2D eigenvalue weighted by Crippen LogP contribution is -2.31. The molecule has 1 aliphatic heterocycles. The van der Waals surface area contributed by atoms with Crippen LogP contribution in [0.25, 0.3) is 11.7 Å². The van der Waals surface area contributed by atoms with Crippen LogP contribution in [0.4, 0.5) is 18.0 Å². The number of amides is 1. The van der Waals surface area contributed by atoms with Gasteiger partial charge in [-0.05, 0) is 63.7 Å². The number of aliphatic carboxylic acids is 1. The topological polar surface area (TPSA) is 122 Å². The molecule has 0 spiro atoms. The number of ether oxygens (including phenoxy) is 1. The second-order valence-corrected chi connectivity index (χ2v) is 9.85. The Kier molecular flexibility index (Phi) is 8.85. The SMILES string of the molecule is CC[C@@H]1C[C@H](OC(=O)NCCCN2CCCC2)C[C@@H]1c1nnc2cnc3c(n12)C=CC3.O=C(O)C(F)(F)F. The van der Waals surface area contributed by atoms with Crippen molar-refractivity contribution in [2.45, 2.75) is 70.1 Å². The lowest BCUT2D eigenvalue weighted by Gasteiger charge is -2.16. The van der Waals surface area contributed by atoms with Crippen molar-refractivity contribution in [2.24, 2.45) is 5.92 Å². The van der Waals surface area contributed by atoms with Crippen molar-refractivity contribution in [3.8, 4) is 0 Å². The van der Waals surface area contributed by atoms with Gasteiger partial charge in [0, 0.05) is 18.9 Å². The molecular formula is C25H33F3N6O4. The van der Waals surface area contributed by atoms with Gasteiger partial charge in [0.2, 0.25) is 0 Å². The second-order valence-electron chi connectivity index (χ2n) is 9.85. The molecule has 3 aliphatic rings. The number of allylic oxidation sites excluding steroid dienone is 1. The molecule has 1 saturated heterocycles. The minimum atomic E-state index is -5.08. The highest BCUT2D eigenvalue weighted by Crippen LogP contribution is 2.42. The molecule has 2 aromatic rings. The third-order valence-corrected chi connectivity index (χ3v) is 7.32. The standard InChI is InChI=1S/C23H32N6O2.C2HF3O2/c1-2-16-13-17(31-23(30)24-9-6-12-28-10-3-4-11-28)14-18(16)22-27-26-21-15-25-19-7-5-8-20(19)29(21)22;3-2(4,5)1(6)7/h5,8,15-18H,2-4,6-7,9-14H2,1H3,(H,24,30);(H,6,7)/t16-,17+,18+;/m1./s1. The number of rotatable bonds is 7. The molecule has 0 aromatic carbocycles. The molecule has 1 saturated carbocycles. The molecular weight excluding hydrogens is 505 g/mol. The summed E-state index contributed by atoms with van der Waals surface area (Å²) < 4.78 is 39.7. The van der Waals surface area contributed by atoms with Crippen molar-refractivity contribution in [3.05, 3.63) is 29.5 Å². The molecule has 3 atom stereocenters. The Morgan fingerprint density at radius 3 is 2.63 bits per heavy atom. The molecule has 0 radical (unpaired) electrons. The number of carbonyl (C=O) groups excluding carboxylic acids is 1. The number of fused-ring (bicyclic) bond motifs is 3. The van der Waals surface area contributed by atoms with Crippen molar-refractivity contribution in [2.75, 3.05) is 26.2 Å². The number of nitrogens with one attached hydrogen (secondary N) is 1. The van der Waals surface area contributed by atoms with E-state index < -0.39 is 12.1 Å². The van der Waals surface area contributed by atoms with Crippen LogP contribution in [0.15, 0.2) is 12.3 Å². The minimum absolute atomic E-state index is 0.0775. The third kappa shape index (κ3) is 6.61. The van der Waals surface area contributed by atoms with Gasteiger partial charge in [0.1, 0.15) is 11.9 Å². The summed E-state index contributed by atoms with van der Waals surface area (Å²) in [4.78, 5) is 28.2. The van der Waals surface area contributed by atoms with Crippen molar-refractivity contribution >= 4 is 23.8 Å². The molecule has 10 nitrogen and oxygen atoms in total. The summed E-state index contributed by atoms with van der Waals surface area (Å²) in [6.07, 6.45) is 7.72. The van der Waals surface area contributed by atoms with Gasteiger partial charge in [0.05, 0.1) is 17.6 Å². The average molecular weight is 539 g/mol. The Morgan fingerprint density at radius 2 is 1.95 bits per heavy atom. The van der Waals surface area contributed by atoms with Crippen LogP contribution in [0.1, 0.15) is 68.6 Å². The Hall–Kier alpha value is -3.22. The van der Waals surface area contributed by atoms with E-state index in [9.17, 15) is 18.0 Å². The quantitative estimate of drug-likeness (QED) is 0.511. The van der Waals surface area contributed by atoms with Crippen molar-refractivity contribution in [1.29, 1.82) is 0 Å². The van der Waals surface area contributed by atoms with Crippen LogP contribution in [0.2, 0.25) is 0 Å². The predicted octanol–water partition coefficient (Wildman–Crippen LogP) is 3.81. The van der Waals surface area contributed by atoms with Crippen molar-refractivity contribution in [1.82, 2.24) is 29.8 Å². The molecule has 3 heterocycles. The van der Waals surface area contributed by atoms with Crippen LogP contribution in [0.5, 0.6) is 0 Å². The summed E-state index contributed by atoms with van der Waals surface area (Å²) in [6, 6.07) is 0. The fourth-order valence-corrected chi connectivity index (χ4v) is 5.45. The van der Waals surface area contributed by atoms with Gasteiger partial charge in [-0.25, -0.2) is 9.59 Å². The van der Waals surface area contributed by atoms with Crippen LogP contribution in [-0.4, -0.2) is 80.1 Å². The number of likely N-dealkylation sites (tertiary alicyclic amines) is 1. The number of halogens is 3. The summed E-state index contributed by atoms with van der Waals surface area (Å²) in [5.74, 6) is -1.13. The second kappa shape index (κ2) is 12.1. The van der Waals surface area contributed by atoms with Gasteiger partial charge in [-0.3, -0.25) is 9.38 Å². The first-order valence-electron chi connectivity index (χ1n) is 13.0. The van der Waals surface area contributed by atoms with Crippen LogP contribution in [-0.2, 0) is 16.0 Å². The minimum Gasteiger partial charge on any atom is -0.475 e. The van der Waals surface area contributed by atoms with E-state index >= 15 is 0 Å². The van der Waals surface area contributed by atoms with Gasteiger partial charge in [0.15, 0.2) is 5.65 Å². The first kappa shape index (κ1) is 27.8. The Bertz CT molecular complexity index is 1160. The maximum absolute atomic E-state index is 12.4. The molecule has 5 rings (SSSR count). The van der Waals surface area contributed by atoms with Gasteiger partial charge >= 0.3 is 18.2 Å². The zero-order chi connectivity index (χ0) is 27.3. The number of carbonyl (C=O) groups is 2. The number of carboxylic acid groups (broad SMARTS) is 1. The average Bonchev–Trinajstić information content (AvgIpc) is 3.67. The summed E-state index contributed by atoms with van der Waals surface area (Å²) in [5, 5.41) is 19.0. The lowest BCUT2D eigenvalue weighted by atomic mass is 9.93. The number of alkyl carbamates (subject to hydrolysis) is 1. The fourth-order valence-electron chi connectivity index (χ4n) is 5.45. The van der Waals surface area contributed by atoms with Crippen LogP contribution >= 0.6 is 0 Å². The summed E-state index contributed by atoms with van der Waals surface area (Å²) >= 11 is 0. The summed E-state index contributed by atoms with van der Waals surface area (Å²) in [7, 11) is 0. The maximum Gasteiger partial charge on any atom is 0.490 e. The number of hydrogen-bond donors (Lipinski definition) is 2. The third-order valence-electron chi connectivity index (χ3n) is 7.32. The molecule has 0 unspecified atom stereocenters. The summed E-state index contributed by atoms with van der Waals surface area (Å²) in [6.45, 7) is 6.31. The van der Waals surface area contributed by atoms with E-state index in [4.69, 9.17) is 14.6 Å². The lowest BCUT2D eigenvalue weighted by molar-refractivity contribution is -0.192. The first-order chi connectivity index (χ1) is 18.2. The predicted molar refractivity (Wildman–Crippen MR) is 132 cm³/mol. The Morgan fingerprint density at radius 1 is 1.21 bits per heavy atom. The van der Waals surface area contributed by atoms with Crippen LogP contribution < -0.4 is 5.32 Å². The van der Waals surface area contributed by atoms with Gasteiger partial charge in [0.25, 0.3) is 0 Å². The summed E-state index contributed by atoms with van der Waals surface area (Å²) in [5.41, 5.74) is 2.95. The van der Waals surface area contributed by atoms with Gasteiger partial charge in [-0.1, -0.05) is 19.4 Å². The van der Waals surface area contributed by atoms with E-state index in [1.807, 2.05) is 6.20 Å². The number of alkyl halides is 3. The van der Waals surface area contributed by atoms with E-state index in [1.54, 1.807) is 0 Å². The van der Waals surface area contributed by atoms with E-state index in [0.29, 0.717) is 12.5 Å². The molecule has 38 heavy (non-hydrogen) atoms. The van der Waals surface area contributed by atoms with Crippen LogP contribution in [0.3, 0.4) is 0 Å². The van der Waals surface area contributed by atoms with Gasteiger partial charge in [-0.15, -0.1) is 10.2 Å². The highest BCUT2D eigenvalue weighted by Gasteiger charge is 2.39. The molecule has 2 N–H and O–H groups in total. The molecule has 13 heteroatoms. The molecule has 2 fully saturated rings. The molecule has 2 aromatic heterocycles. The Labute approximate surface area is 218 Å². The fraction of sp³-hybridized carbons (Fsp3) is 0.640. The molecule has 208 valence electrons. The molecule has 2 aliphatic carbocycles. The molecule has 0 bridgehead atoms. The molecule has 1 amide bonds. The van der Waals surface area contributed by atoms with E-state index in [1.165, 1.54) is 25.9 Å². The zero-order valence-electron chi connectivity index (χ0n) is 21.3. The highest BCUT2D eigenvalue weighted by molar-refractivity contribution is 5.73. The van der Waals surface area contributed by atoms with E-state index in [0.717, 1.165) is 61.5 Å². The monoisotopic (exact) mass is 538 g/mol. The van der Waals surface area contributed by atoms with Gasteiger partial charge < -0.3 is 20.1 Å². The van der Waals surface area contributed by atoms with Crippen molar-refractivity contribution < 1.29 is 32.6 Å². The smallest absolute Gasteiger partial charge is 0.475 e. The first-order valence-corrected chi connectivity index (χ1v) is 13.0. The maximum atomic E-state index is 12.4. The van der Waals surface area contributed by atoms with Gasteiger partial charge in [-0.2, -0.15) is 13.2 Å². The number of nitrogens with zero attached hydrogens (tertiary/aromatic N) is 5. The Balaban J connectivity index is 0.000000426. The van der Waals surface area contributed by atoms with Crippen LogP contribution in [0, 0.1) is 5.92 Å². The van der Waals surface area contributed by atoms with E-state index in [-0.39, 0.29) is 18.1 Å². The van der Waals surface area contributed by atoms with E-state index in [2.05, 4.69) is 48.9 Å². The van der Waals surface area contributed by atoms with Crippen molar-refractivity contribution in [3.63, 3.8) is 0 Å². The number of aromatic nitrogens is 4. The highest BCUT2D eigenvalue weighted by atomic mass is 19.4. The zero-order valence-corrected chi connectivity index (χ0v) is 21.3. The largest absolute Gasteiger partial charge is 0.490 e.